The molecule has 14 heavy (non-hydrogen) atoms. The first-order valence-electron chi connectivity index (χ1n) is 5.58. The Balaban J connectivity index is 0.000000500. The third-order valence-electron chi connectivity index (χ3n) is 2.18. The molecule has 0 amide bonds. The standard InChI is InChI=1S/C8H16N2O.C3H8/c1-7(2)10-4-3-8(5-11)9-6-10;1-3-2/h5,7-9H,3-4,6H2,1-2H3;3H2,1-2H3. The minimum atomic E-state index is 0.0880. The van der Waals surface area contributed by atoms with Crippen LogP contribution in [0.4, 0.5) is 0 Å². The number of nitrogens with zero attached hydrogens (tertiary/aromatic N) is 1. The van der Waals surface area contributed by atoms with Gasteiger partial charge in [0.15, 0.2) is 0 Å². The molecule has 0 aromatic rings. The van der Waals surface area contributed by atoms with E-state index in [1.807, 2.05) is 0 Å². The minimum absolute atomic E-state index is 0.0880. The number of aldehydes is 1. The fraction of sp³-hybridized carbons (Fsp3) is 0.909. The Labute approximate surface area is 87.9 Å². The van der Waals surface area contributed by atoms with Crippen LogP contribution in [0.3, 0.4) is 0 Å². The van der Waals surface area contributed by atoms with Crippen LogP contribution in [0.25, 0.3) is 0 Å². The topological polar surface area (TPSA) is 32.3 Å². The summed E-state index contributed by atoms with van der Waals surface area (Å²) in [4.78, 5) is 12.7. The van der Waals surface area contributed by atoms with Gasteiger partial charge in [0.2, 0.25) is 0 Å². The molecule has 84 valence electrons. The van der Waals surface area contributed by atoms with Crippen LogP contribution in [-0.2, 0) is 4.79 Å². The van der Waals surface area contributed by atoms with Crippen LogP contribution >= 0.6 is 0 Å². The third kappa shape index (κ3) is 5.35. The van der Waals surface area contributed by atoms with E-state index in [-0.39, 0.29) is 6.04 Å². The van der Waals surface area contributed by atoms with Crippen molar-refractivity contribution in [3.63, 3.8) is 0 Å². The van der Waals surface area contributed by atoms with Crippen LogP contribution in [0.1, 0.15) is 40.5 Å². The van der Waals surface area contributed by atoms with E-state index < -0.39 is 0 Å². The second kappa shape index (κ2) is 7.94. The lowest BCUT2D eigenvalue weighted by atomic mass is 10.1. The quantitative estimate of drug-likeness (QED) is 0.688. The van der Waals surface area contributed by atoms with Crippen molar-refractivity contribution in [2.24, 2.45) is 0 Å². The molecule has 1 N–H and O–H groups in total. The lowest BCUT2D eigenvalue weighted by molar-refractivity contribution is -0.110. The molecule has 1 fully saturated rings. The van der Waals surface area contributed by atoms with Crippen LogP contribution < -0.4 is 5.32 Å². The number of rotatable bonds is 2. The van der Waals surface area contributed by atoms with E-state index >= 15 is 0 Å². The summed E-state index contributed by atoms with van der Waals surface area (Å²) in [5, 5.41) is 3.16. The zero-order valence-electron chi connectivity index (χ0n) is 9.92. The first-order chi connectivity index (χ1) is 6.65. The van der Waals surface area contributed by atoms with Crippen molar-refractivity contribution in [1.82, 2.24) is 10.2 Å². The average molecular weight is 200 g/mol. The van der Waals surface area contributed by atoms with Gasteiger partial charge in [-0.25, -0.2) is 0 Å². The number of carbonyl (C=O) groups is 1. The zero-order chi connectivity index (χ0) is 11.0. The van der Waals surface area contributed by atoms with Gasteiger partial charge in [-0.05, 0) is 20.3 Å². The van der Waals surface area contributed by atoms with E-state index in [1.54, 1.807) is 0 Å². The van der Waals surface area contributed by atoms with Gasteiger partial charge in [0.05, 0.1) is 6.04 Å². The molecule has 1 aliphatic rings. The van der Waals surface area contributed by atoms with Crippen molar-refractivity contribution < 1.29 is 4.79 Å². The van der Waals surface area contributed by atoms with Crippen molar-refractivity contribution in [3.8, 4) is 0 Å². The molecule has 0 saturated carbocycles. The first-order valence-corrected chi connectivity index (χ1v) is 5.58. The maximum Gasteiger partial charge on any atom is 0.136 e. The Morgan fingerprint density at radius 2 is 2.07 bits per heavy atom. The molecule has 3 heteroatoms. The molecule has 1 atom stereocenters. The van der Waals surface area contributed by atoms with Crippen molar-refractivity contribution in [1.29, 1.82) is 0 Å². The molecule has 0 radical (unpaired) electrons. The fourth-order valence-electron chi connectivity index (χ4n) is 1.28. The number of nitrogens with one attached hydrogen (secondary N) is 1. The summed E-state index contributed by atoms with van der Waals surface area (Å²) >= 11 is 0. The Bertz CT molecular complexity index is 140. The van der Waals surface area contributed by atoms with Crippen LogP contribution in [0.2, 0.25) is 0 Å². The largest absolute Gasteiger partial charge is 0.302 e. The van der Waals surface area contributed by atoms with Gasteiger partial charge in [-0.3, -0.25) is 10.2 Å². The highest BCUT2D eigenvalue weighted by molar-refractivity contribution is 5.57. The number of carbonyl (C=O) groups excluding carboxylic acids is 1. The summed E-state index contributed by atoms with van der Waals surface area (Å²) < 4.78 is 0. The minimum Gasteiger partial charge on any atom is -0.302 e. The molecule has 0 spiro atoms. The summed E-state index contributed by atoms with van der Waals surface area (Å²) in [5.41, 5.74) is 0. The second-order valence-corrected chi connectivity index (χ2v) is 4.01. The van der Waals surface area contributed by atoms with Crippen LogP contribution in [0.5, 0.6) is 0 Å². The molecule has 1 unspecified atom stereocenters. The van der Waals surface area contributed by atoms with Gasteiger partial charge in [-0.15, -0.1) is 0 Å². The van der Waals surface area contributed by atoms with Crippen molar-refractivity contribution in [2.45, 2.75) is 52.6 Å². The predicted molar refractivity (Wildman–Crippen MR) is 60.3 cm³/mol. The van der Waals surface area contributed by atoms with Crippen LogP contribution in [0, 0.1) is 0 Å². The molecular weight excluding hydrogens is 176 g/mol. The van der Waals surface area contributed by atoms with Gasteiger partial charge in [0.25, 0.3) is 0 Å². The summed E-state index contributed by atoms with van der Waals surface area (Å²) in [7, 11) is 0. The molecule has 0 aromatic heterocycles. The van der Waals surface area contributed by atoms with Gasteiger partial charge >= 0.3 is 0 Å². The van der Waals surface area contributed by atoms with Crippen molar-refractivity contribution in [3.05, 3.63) is 0 Å². The normalized spacial score (nSPS) is 22.8. The van der Waals surface area contributed by atoms with Gasteiger partial charge in [-0.1, -0.05) is 20.3 Å². The number of hydrogen-bond donors (Lipinski definition) is 1. The molecular formula is C11H24N2O. The Hall–Kier alpha value is -0.410. The third-order valence-corrected chi connectivity index (χ3v) is 2.18. The molecule has 1 rings (SSSR count). The SMILES string of the molecule is CC(C)N1CCC(C=O)NC1.CCC. The monoisotopic (exact) mass is 200 g/mol. The van der Waals surface area contributed by atoms with E-state index in [1.165, 1.54) is 6.42 Å². The van der Waals surface area contributed by atoms with Gasteiger partial charge < -0.3 is 4.79 Å². The predicted octanol–water partition coefficient (Wildman–Crippen LogP) is 1.63. The lowest BCUT2D eigenvalue weighted by Gasteiger charge is -2.33. The van der Waals surface area contributed by atoms with E-state index in [0.29, 0.717) is 6.04 Å². The molecule has 1 saturated heterocycles. The molecule has 3 nitrogen and oxygen atoms in total. The van der Waals surface area contributed by atoms with E-state index in [4.69, 9.17) is 0 Å². The molecule has 1 aliphatic heterocycles. The summed E-state index contributed by atoms with van der Waals surface area (Å²) in [6.45, 7) is 10.5. The van der Waals surface area contributed by atoms with Crippen LogP contribution in [0.15, 0.2) is 0 Å². The van der Waals surface area contributed by atoms with Crippen molar-refractivity contribution in [2.75, 3.05) is 13.2 Å². The first kappa shape index (κ1) is 13.6. The highest BCUT2D eigenvalue weighted by Crippen LogP contribution is 2.04. The zero-order valence-corrected chi connectivity index (χ0v) is 9.92. The smallest absolute Gasteiger partial charge is 0.136 e. The van der Waals surface area contributed by atoms with E-state index in [0.717, 1.165) is 25.9 Å². The molecule has 0 aromatic carbocycles. The molecule has 0 bridgehead atoms. The Morgan fingerprint density at radius 1 is 1.50 bits per heavy atom. The Kier molecular flexibility index (Phi) is 7.71. The number of hydrogen-bond acceptors (Lipinski definition) is 3. The Morgan fingerprint density at radius 3 is 2.36 bits per heavy atom. The lowest BCUT2D eigenvalue weighted by Crippen LogP contribution is -2.50. The summed E-state index contributed by atoms with van der Waals surface area (Å²) in [5.74, 6) is 0. The maximum absolute atomic E-state index is 10.4. The summed E-state index contributed by atoms with van der Waals surface area (Å²) in [6, 6.07) is 0.667. The fourth-order valence-corrected chi connectivity index (χ4v) is 1.28. The van der Waals surface area contributed by atoms with E-state index in [2.05, 4.69) is 37.9 Å². The molecule has 0 aliphatic carbocycles. The summed E-state index contributed by atoms with van der Waals surface area (Å²) in [6.07, 6.45) is 3.19. The average Bonchev–Trinajstić information content (AvgIpc) is 2.19. The van der Waals surface area contributed by atoms with Gasteiger partial charge in [-0.2, -0.15) is 0 Å². The maximum atomic E-state index is 10.4. The highest BCUT2D eigenvalue weighted by atomic mass is 16.1. The second-order valence-electron chi connectivity index (χ2n) is 4.01. The highest BCUT2D eigenvalue weighted by Gasteiger charge is 2.18. The van der Waals surface area contributed by atoms with Gasteiger partial charge in [0.1, 0.15) is 6.29 Å². The van der Waals surface area contributed by atoms with Crippen LogP contribution in [-0.4, -0.2) is 36.5 Å². The molecule has 1 heterocycles. The van der Waals surface area contributed by atoms with Gasteiger partial charge in [0, 0.05) is 19.3 Å². The van der Waals surface area contributed by atoms with Crippen molar-refractivity contribution >= 4 is 6.29 Å². The van der Waals surface area contributed by atoms with E-state index in [9.17, 15) is 4.79 Å².